The van der Waals surface area contributed by atoms with Crippen LogP contribution in [0.5, 0.6) is 11.6 Å². The van der Waals surface area contributed by atoms with Crippen LogP contribution in [-0.2, 0) is 13.2 Å². The molecule has 7 nitrogen and oxygen atoms in total. The highest BCUT2D eigenvalue weighted by Gasteiger charge is 2.34. The predicted octanol–water partition coefficient (Wildman–Crippen LogP) is 2.95. The van der Waals surface area contributed by atoms with E-state index in [1.165, 1.54) is 12.1 Å². The topological polar surface area (TPSA) is 59.8 Å². The van der Waals surface area contributed by atoms with Crippen molar-refractivity contribution in [1.82, 2.24) is 14.5 Å². The number of aromatic nitrogens is 2. The van der Waals surface area contributed by atoms with E-state index in [-0.39, 0.29) is 30.0 Å². The number of nitrogens with zero attached hydrogens (tertiary/aromatic N) is 4. The van der Waals surface area contributed by atoms with E-state index >= 15 is 0 Å². The van der Waals surface area contributed by atoms with Gasteiger partial charge in [-0.15, -0.1) is 0 Å². The Morgan fingerprint density at radius 3 is 2.69 bits per heavy atom. The first-order chi connectivity index (χ1) is 15.5. The number of anilines is 1. The Labute approximate surface area is 185 Å². The molecule has 172 valence electrons. The van der Waals surface area contributed by atoms with Crippen molar-refractivity contribution in [2.24, 2.45) is 0 Å². The Morgan fingerprint density at radius 1 is 1.16 bits per heavy atom. The second kappa shape index (κ2) is 8.69. The second-order valence-electron chi connectivity index (χ2n) is 8.87. The fourth-order valence-corrected chi connectivity index (χ4v) is 4.79. The van der Waals surface area contributed by atoms with Gasteiger partial charge in [0.15, 0.2) is 17.4 Å². The highest BCUT2D eigenvalue weighted by Crippen LogP contribution is 2.33. The number of benzene rings is 1. The molecule has 1 unspecified atom stereocenters. The van der Waals surface area contributed by atoms with Crippen LogP contribution < -0.4 is 20.1 Å². The standard InChI is InChI=1S/C23H28F2N4O3/c1-2-3-6-27-12-17(13-27)32-22-18(24)8-15(9-19(22)25)14-31-20-10-21-28-7-4-5-16(28)11-29(21)23(30)26-20/h8-10,16-17H,2-7,11-14H2,1H3. The summed E-state index contributed by atoms with van der Waals surface area (Å²) in [4.78, 5) is 20.7. The Balaban J connectivity index is 1.22. The van der Waals surface area contributed by atoms with E-state index in [0.717, 1.165) is 44.6 Å². The maximum atomic E-state index is 14.5. The van der Waals surface area contributed by atoms with Gasteiger partial charge in [-0.3, -0.25) is 9.47 Å². The summed E-state index contributed by atoms with van der Waals surface area (Å²) in [7, 11) is 0. The molecule has 1 atom stereocenters. The minimum absolute atomic E-state index is 0.0956. The lowest BCUT2D eigenvalue weighted by Gasteiger charge is -2.39. The third-order valence-corrected chi connectivity index (χ3v) is 6.51. The summed E-state index contributed by atoms with van der Waals surface area (Å²) >= 11 is 0. The normalized spacial score (nSPS) is 20.2. The molecule has 32 heavy (non-hydrogen) atoms. The molecule has 3 aliphatic rings. The summed E-state index contributed by atoms with van der Waals surface area (Å²) < 4.78 is 41.9. The van der Waals surface area contributed by atoms with Gasteiger partial charge < -0.3 is 14.4 Å². The summed E-state index contributed by atoms with van der Waals surface area (Å²) in [6.45, 7) is 5.94. The monoisotopic (exact) mass is 446 g/mol. The molecule has 0 bridgehead atoms. The Hall–Kier alpha value is -2.68. The minimum atomic E-state index is -0.752. The van der Waals surface area contributed by atoms with E-state index in [1.807, 2.05) is 0 Å². The first-order valence-corrected chi connectivity index (χ1v) is 11.4. The van der Waals surface area contributed by atoms with Crippen LogP contribution in [0.1, 0.15) is 38.2 Å². The van der Waals surface area contributed by atoms with Gasteiger partial charge in [0.1, 0.15) is 18.5 Å². The maximum absolute atomic E-state index is 14.5. The van der Waals surface area contributed by atoms with Crippen molar-refractivity contribution in [2.45, 2.75) is 57.9 Å². The molecule has 0 N–H and O–H groups in total. The van der Waals surface area contributed by atoms with Gasteiger partial charge in [-0.1, -0.05) is 13.3 Å². The van der Waals surface area contributed by atoms with Crippen LogP contribution in [0.2, 0.25) is 0 Å². The predicted molar refractivity (Wildman–Crippen MR) is 115 cm³/mol. The summed E-state index contributed by atoms with van der Waals surface area (Å²) in [5.41, 5.74) is -0.0477. The van der Waals surface area contributed by atoms with Crippen LogP contribution in [0.15, 0.2) is 23.0 Å². The molecule has 0 radical (unpaired) electrons. The molecule has 0 amide bonds. The van der Waals surface area contributed by atoms with Crippen molar-refractivity contribution < 1.29 is 18.3 Å². The van der Waals surface area contributed by atoms with Gasteiger partial charge >= 0.3 is 5.69 Å². The second-order valence-corrected chi connectivity index (χ2v) is 8.87. The molecule has 2 fully saturated rings. The Kier molecular flexibility index (Phi) is 5.75. The van der Waals surface area contributed by atoms with E-state index in [1.54, 1.807) is 10.6 Å². The molecule has 0 aliphatic carbocycles. The number of fused-ring (bicyclic) bond motifs is 3. The van der Waals surface area contributed by atoms with Gasteiger partial charge in [-0.05, 0) is 43.5 Å². The van der Waals surface area contributed by atoms with Crippen molar-refractivity contribution in [3.05, 3.63) is 45.9 Å². The van der Waals surface area contributed by atoms with Crippen molar-refractivity contribution in [3.63, 3.8) is 0 Å². The lowest BCUT2D eigenvalue weighted by molar-refractivity contribution is 0.0145. The minimum Gasteiger partial charge on any atom is -0.482 e. The number of hydrogen-bond donors (Lipinski definition) is 0. The summed E-state index contributed by atoms with van der Waals surface area (Å²) in [6.07, 6.45) is 4.18. The van der Waals surface area contributed by atoms with Crippen LogP contribution in [-0.4, -0.2) is 52.8 Å². The number of halogens is 2. The average Bonchev–Trinajstić information content (AvgIpc) is 3.32. The van der Waals surface area contributed by atoms with Crippen LogP contribution in [0.4, 0.5) is 14.6 Å². The molecule has 1 aromatic carbocycles. The van der Waals surface area contributed by atoms with E-state index < -0.39 is 11.6 Å². The highest BCUT2D eigenvalue weighted by molar-refractivity contribution is 5.48. The van der Waals surface area contributed by atoms with E-state index in [4.69, 9.17) is 9.47 Å². The number of rotatable bonds is 8. The fraction of sp³-hybridized carbons (Fsp3) is 0.565. The number of hydrogen-bond acceptors (Lipinski definition) is 6. The lowest BCUT2D eigenvalue weighted by atomic mass is 10.1. The summed E-state index contributed by atoms with van der Waals surface area (Å²) in [6, 6.07) is 4.49. The third-order valence-electron chi connectivity index (χ3n) is 6.51. The van der Waals surface area contributed by atoms with Crippen LogP contribution in [0.25, 0.3) is 0 Å². The van der Waals surface area contributed by atoms with Gasteiger partial charge in [0, 0.05) is 38.3 Å². The molecular formula is C23H28F2N4O3. The molecule has 2 saturated heterocycles. The number of ether oxygens (including phenoxy) is 2. The molecule has 4 heterocycles. The molecule has 1 aromatic heterocycles. The van der Waals surface area contributed by atoms with E-state index in [2.05, 4.69) is 21.7 Å². The zero-order valence-corrected chi connectivity index (χ0v) is 18.2. The molecule has 3 aliphatic heterocycles. The van der Waals surface area contributed by atoms with Crippen LogP contribution in [0.3, 0.4) is 0 Å². The van der Waals surface area contributed by atoms with Crippen molar-refractivity contribution in [3.8, 4) is 11.6 Å². The zero-order chi connectivity index (χ0) is 22.2. The molecule has 9 heteroatoms. The van der Waals surface area contributed by atoms with E-state index in [9.17, 15) is 13.6 Å². The van der Waals surface area contributed by atoms with Gasteiger partial charge in [-0.2, -0.15) is 4.98 Å². The van der Waals surface area contributed by atoms with Crippen molar-refractivity contribution in [1.29, 1.82) is 0 Å². The first kappa shape index (κ1) is 21.2. The summed E-state index contributed by atoms with van der Waals surface area (Å²) in [5.74, 6) is -0.883. The average molecular weight is 446 g/mol. The molecule has 2 aromatic rings. The third kappa shape index (κ3) is 4.05. The summed E-state index contributed by atoms with van der Waals surface area (Å²) in [5, 5.41) is 0. The first-order valence-electron chi connectivity index (χ1n) is 11.4. The molecule has 0 spiro atoms. The molecular weight excluding hydrogens is 418 g/mol. The van der Waals surface area contributed by atoms with Crippen molar-refractivity contribution >= 4 is 5.82 Å². The molecule has 5 rings (SSSR count). The number of unbranched alkanes of at least 4 members (excludes halogenated alkanes) is 1. The zero-order valence-electron chi connectivity index (χ0n) is 18.2. The van der Waals surface area contributed by atoms with Gasteiger partial charge in [0.05, 0.1) is 0 Å². The van der Waals surface area contributed by atoms with E-state index in [0.29, 0.717) is 31.2 Å². The lowest BCUT2D eigenvalue weighted by Crippen LogP contribution is -2.54. The SMILES string of the molecule is CCCCN1CC(Oc2c(F)cc(COc3cc4n(c(=O)n3)CC3CCCN43)cc2F)C1. The smallest absolute Gasteiger partial charge is 0.352 e. The molecule has 0 saturated carbocycles. The number of likely N-dealkylation sites (tertiary alicyclic amines) is 1. The Morgan fingerprint density at radius 2 is 1.94 bits per heavy atom. The maximum Gasteiger partial charge on any atom is 0.352 e. The Bertz CT molecular complexity index is 1030. The highest BCUT2D eigenvalue weighted by atomic mass is 19.1. The van der Waals surface area contributed by atoms with Gasteiger partial charge in [0.2, 0.25) is 5.88 Å². The quantitative estimate of drug-likeness (QED) is 0.622. The van der Waals surface area contributed by atoms with Crippen molar-refractivity contribution in [2.75, 3.05) is 31.1 Å². The van der Waals surface area contributed by atoms with Crippen LogP contribution >= 0.6 is 0 Å². The van der Waals surface area contributed by atoms with Gasteiger partial charge in [0.25, 0.3) is 0 Å². The largest absolute Gasteiger partial charge is 0.482 e. The van der Waals surface area contributed by atoms with Crippen LogP contribution in [0, 0.1) is 11.6 Å². The van der Waals surface area contributed by atoms with Gasteiger partial charge in [-0.25, -0.2) is 13.6 Å². The fourth-order valence-electron chi connectivity index (χ4n) is 4.79.